The second-order valence-electron chi connectivity index (χ2n) is 5.61. The van der Waals surface area contributed by atoms with Crippen molar-refractivity contribution in [1.82, 2.24) is 15.5 Å². The summed E-state index contributed by atoms with van der Waals surface area (Å²) in [7, 11) is 2.03. The molecule has 3 atom stereocenters. The highest BCUT2D eigenvalue weighted by Crippen LogP contribution is 2.21. The fraction of sp³-hybridized carbons (Fsp3) is 0.923. The fourth-order valence-electron chi connectivity index (χ4n) is 2.67. The molecule has 4 nitrogen and oxygen atoms in total. The van der Waals surface area contributed by atoms with Gasteiger partial charge in [0.05, 0.1) is 6.04 Å². The number of carbonyl (C=O) groups excluding carboxylic acids is 1. The van der Waals surface area contributed by atoms with E-state index in [1.165, 1.54) is 0 Å². The standard InChI is InChI=1S/C13H25N3O/c1-9-8-16(7-6-12(9)14-3)10(2)13(17)15-11-4-5-11/h9-12,14H,4-8H2,1-3H3,(H,15,17). The van der Waals surface area contributed by atoms with Crippen LogP contribution in [0.25, 0.3) is 0 Å². The molecule has 1 saturated carbocycles. The van der Waals surface area contributed by atoms with Crippen LogP contribution in [0.15, 0.2) is 0 Å². The van der Waals surface area contributed by atoms with E-state index in [4.69, 9.17) is 0 Å². The Hall–Kier alpha value is -0.610. The van der Waals surface area contributed by atoms with Crippen LogP contribution in [0.4, 0.5) is 0 Å². The molecule has 0 spiro atoms. The molecule has 1 aliphatic carbocycles. The molecule has 1 amide bonds. The SMILES string of the molecule is CNC1CCN(C(C)C(=O)NC2CC2)CC1C. The third-order valence-electron chi connectivity index (χ3n) is 4.16. The first kappa shape index (κ1) is 12.8. The van der Waals surface area contributed by atoms with E-state index in [0.29, 0.717) is 18.0 Å². The first-order valence-electron chi connectivity index (χ1n) is 6.83. The van der Waals surface area contributed by atoms with Gasteiger partial charge in [-0.15, -0.1) is 0 Å². The average Bonchev–Trinajstić information content (AvgIpc) is 3.11. The molecule has 1 heterocycles. The van der Waals surface area contributed by atoms with Crippen LogP contribution in [0.5, 0.6) is 0 Å². The summed E-state index contributed by atoms with van der Waals surface area (Å²) in [5.41, 5.74) is 0. The Bertz CT molecular complexity index is 278. The average molecular weight is 239 g/mol. The number of piperidine rings is 1. The van der Waals surface area contributed by atoms with Gasteiger partial charge in [-0.05, 0) is 39.2 Å². The number of nitrogens with zero attached hydrogens (tertiary/aromatic N) is 1. The van der Waals surface area contributed by atoms with Gasteiger partial charge in [0.1, 0.15) is 0 Å². The fourth-order valence-corrected chi connectivity index (χ4v) is 2.67. The van der Waals surface area contributed by atoms with Gasteiger partial charge in [0.25, 0.3) is 0 Å². The molecule has 17 heavy (non-hydrogen) atoms. The lowest BCUT2D eigenvalue weighted by molar-refractivity contribution is -0.126. The Labute approximate surface area is 104 Å². The zero-order valence-corrected chi connectivity index (χ0v) is 11.2. The molecule has 0 aromatic carbocycles. The Balaban J connectivity index is 1.82. The van der Waals surface area contributed by atoms with E-state index in [9.17, 15) is 4.79 Å². The summed E-state index contributed by atoms with van der Waals surface area (Å²) in [6, 6.07) is 1.10. The lowest BCUT2D eigenvalue weighted by Gasteiger charge is -2.39. The molecule has 1 saturated heterocycles. The van der Waals surface area contributed by atoms with E-state index in [1.807, 2.05) is 14.0 Å². The second kappa shape index (κ2) is 5.36. The zero-order valence-electron chi connectivity index (χ0n) is 11.2. The summed E-state index contributed by atoms with van der Waals surface area (Å²) in [6.07, 6.45) is 3.46. The molecule has 3 unspecified atom stereocenters. The van der Waals surface area contributed by atoms with E-state index in [1.54, 1.807) is 0 Å². The van der Waals surface area contributed by atoms with E-state index < -0.39 is 0 Å². The molecule has 98 valence electrons. The van der Waals surface area contributed by atoms with Crippen LogP contribution >= 0.6 is 0 Å². The lowest BCUT2D eigenvalue weighted by Crippen LogP contribution is -2.54. The summed E-state index contributed by atoms with van der Waals surface area (Å²) in [4.78, 5) is 14.3. The van der Waals surface area contributed by atoms with Gasteiger partial charge < -0.3 is 10.6 Å². The third kappa shape index (κ3) is 3.19. The summed E-state index contributed by atoms with van der Waals surface area (Å²) in [6.45, 7) is 6.34. The van der Waals surface area contributed by atoms with Crippen LogP contribution < -0.4 is 10.6 Å². The Kier molecular flexibility index (Phi) is 4.05. The van der Waals surface area contributed by atoms with Gasteiger partial charge in [0, 0.05) is 25.2 Å². The molecule has 0 aromatic rings. The van der Waals surface area contributed by atoms with Crippen LogP contribution in [0.3, 0.4) is 0 Å². The minimum atomic E-state index is 0.0239. The summed E-state index contributed by atoms with van der Waals surface area (Å²) < 4.78 is 0. The van der Waals surface area contributed by atoms with Crippen molar-refractivity contribution in [3.05, 3.63) is 0 Å². The molecule has 2 N–H and O–H groups in total. The van der Waals surface area contributed by atoms with Crippen molar-refractivity contribution in [1.29, 1.82) is 0 Å². The molecule has 2 aliphatic rings. The highest BCUT2D eigenvalue weighted by atomic mass is 16.2. The molecule has 2 fully saturated rings. The predicted octanol–water partition coefficient (Wildman–Crippen LogP) is 0.583. The zero-order chi connectivity index (χ0) is 12.4. The van der Waals surface area contributed by atoms with Gasteiger partial charge in [-0.2, -0.15) is 0 Å². The van der Waals surface area contributed by atoms with Crippen LogP contribution in [0.2, 0.25) is 0 Å². The highest BCUT2D eigenvalue weighted by molar-refractivity contribution is 5.81. The smallest absolute Gasteiger partial charge is 0.237 e. The van der Waals surface area contributed by atoms with E-state index in [-0.39, 0.29) is 11.9 Å². The Morgan fingerprint density at radius 3 is 2.59 bits per heavy atom. The maximum Gasteiger partial charge on any atom is 0.237 e. The normalized spacial score (nSPS) is 32.2. The van der Waals surface area contributed by atoms with Gasteiger partial charge in [-0.25, -0.2) is 0 Å². The van der Waals surface area contributed by atoms with Crippen LogP contribution in [0, 0.1) is 5.92 Å². The molecular weight excluding hydrogens is 214 g/mol. The quantitative estimate of drug-likeness (QED) is 0.754. The van der Waals surface area contributed by atoms with Crippen molar-refractivity contribution in [3.8, 4) is 0 Å². The monoisotopic (exact) mass is 239 g/mol. The first-order chi connectivity index (χ1) is 8.11. The van der Waals surface area contributed by atoms with Gasteiger partial charge in [0.2, 0.25) is 5.91 Å². The van der Waals surface area contributed by atoms with Crippen molar-refractivity contribution in [2.45, 2.75) is 51.2 Å². The molecule has 0 radical (unpaired) electrons. The van der Waals surface area contributed by atoms with Crippen molar-refractivity contribution in [3.63, 3.8) is 0 Å². The van der Waals surface area contributed by atoms with Gasteiger partial charge in [0.15, 0.2) is 0 Å². The summed E-state index contributed by atoms with van der Waals surface area (Å²) >= 11 is 0. The molecule has 1 aliphatic heterocycles. The highest BCUT2D eigenvalue weighted by Gasteiger charge is 2.32. The summed E-state index contributed by atoms with van der Waals surface area (Å²) in [5.74, 6) is 0.826. The number of hydrogen-bond donors (Lipinski definition) is 2. The van der Waals surface area contributed by atoms with Crippen LogP contribution in [-0.4, -0.2) is 49.1 Å². The van der Waals surface area contributed by atoms with Crippen molar-refractivity contribution in [2.24, 2.45) is 5.92 Å². The Morgan fingerprint density at radius 2 is 2.06 bits per heavy atom. The third-order valence-corrected chi connectivity index (χ3v) is 4.16. The number of hydrogen-bond acceptors (Lipinski definition) is 3. The molecule has 0 aromatic heterocycles. The second-order valence-corrected chi connectivity index (χ2v) is 5.61. The number of amides is 1. The minimum absolute atomic E-state index is 0.0239. The van der Waals surface area contributed by atoms with E-state index in [0.717, 1.165) is 32.4 Å². The van der Waals surface area contributed by atoms with E-state index in [2.05, 4.69) is 22.5 Å². The van der Waals surface area contributed by atoms with Crippen molar-refractivity contribution < 1.29 is 4.79 Å². The maximum absolute atomic E-state index is 12.0. The topological polar surface area (TPSA) is 44.4 Å². The lowest BCUT2D eigenvalue weighted by atomic mass is 9.93. The predicted molar refractivity (Wildman–Crippen MR) is 68.8 cm³/mol. The van der Waals surface area contributed by atoms with Gasteiger partial charge >= 0.3 is 0 Å². The summed E-state index contributed by atoms with van der Waals surface area (Å²) in [5, 5.41) is 6.45. The molecule has 2 rings (SSSR count). The van der Waals surface area contributed by atoms with E-state index >= 15 is 0 Å². The van der Waals surface area contributed by atoms with Crippen LogP contribution in [-0.2, 0) is 4.79 Å². The van der Waals surface area contributed by atoms with Gasteiger partial charge in [-0.1, -0.05) is 6.92 Å². The number of carbonyl (C=O) groups is 1. The van der Waals surface area contributed by atoms with Crippen molar-refractivity contribution in [2.75, 3.05) is 20.1 Å². The van der Waals surface area contributed by atoms with Gasteiger partial charge in [-0.3, -0.25) is 9.69 Å². The Morgan fingerprint density at radius 1 is 1.35 bits per heavy atom. The molecule has 0 bridgehead atoms. The van der Waals surface area contributed by atoms with Crippen molar-refractivity contribution >= 4 is 5.91 Å². The number of likely N-dealkylation sites (tertiary alicyclic amines) is 1. The maximum atomic E-state index is 12.0. The number of nitrogens with one attached hydrogen (secondary N) is 2. The molecular formula is C13H25N3O. The van der Waals surface area contributed by atoms with Crippen LogP contribution in [0.1, 0.15) is 33.1 Å². The first-order valence-corrected chi connectivity index (χ1v) is 6.83. The number of rotatable bonds is 4. The largest absolute Gasteiger partial charge is 0.352 e. The minimum Gasteiger partial charge on any atom is -0.352 e. The molecule has 4 heteroatoms.